The van der Waals surface area contributed by atoms with Crippen molar-refractivity contribution < 1.29 is 19.4 Å². The number of H-pyrrole nitrogens is 1. The van der Waals surface area contributed by atoms with Gasteiger partial charge in [0.25, 0.3) is 0 Å². The number of allylic oxidation sites excluding steroid dienone is 1. The summed E-state index contributed by atoms with van der Waals surface area (Å²) in [6.07, 6.45) is -0.117. The monoisotopic (exact) mass is 403 g/mol. The number of imidazole rings is 1. The number of hydrogen-bond donors (Lipinski definition) is 2. The molecule has 0 aliphatic rings. The van der Waals surface area contributed by atoms with E-state index in [4.69, 9.17) is 4.74 Å². The van der Waals surface area contributed by atoms with E-state index in [-0.39, 0.29) is 30.0 Å². The second-order valence-electron chi connectivity index (χ2n) is 6.94. The van der Waals surface area contributed by atoms with Gasteiger partial charge in [0, 0.05) is 12.0 Å². The number of aromatic amines is 1. The van der Waals surface area contributed by atoms with Crippen LogP contribution >= 0.6 is 0 Å². The summed E-state index contributed by atoms with van der Waals surface area (Å²) >= 11 is 0. The molecule has 1 heterocycles. The van der Waals surface area contributed by atoms with Crippen LogP contribution in [0.5, 0.6) is 0 Å². The van der Waals surface area contributed by atoms with Crippen LogP contribution in [0.4, 0.5) is 0 Å². The van der Waals surface area contributed by atoms with E-state index >= 15 is 0 Å². The van der Waals surface area contributed by atoms with Crippen molar-refractivity contribution >= 4 is 28.4 Å². The van der Waals surface area contributed by atoms with Gasteiger partial charge >= 0.3 is 5.97 Å². The number of benzene rings is 2. The lowest BCUT2D eigenvalue weighted by atomic mass is 9.99. The molecule has 0 saturated carbocycles. The molecule has 1 aromatic heterocycles. The molecule has 0 atom stereocenters. The van der Waals surface area contributed by atoms with Crippen LogP contribution in [0.2, 0.25) is 0 Å². The van der Waals surface area contributed by atoms with Crippen molar-refractivity contribution in [2.24, 2.45) is 0 Å². The Balaban J connectivity index is 1.60. The number of aromatic nitrogens is 2. The third kappa shape index (κ3) is 4.73. The Labute approximate surface area is 173 Å². The maximum Gasteiger partial charge on any atom is 0.306 e. The minimum atomic E-state index is -0.637. The Morgan fingerprint density at radius 1 is 1.17 bits per heavy atom. The van der Waals surface area contributed by atoms with Crippen LogP contribution in [-0.4, -0.2) is 33.4 Å². The van der Waals surface area contributed by atoms with Gasteiger partial charge in [0.05, 0.1) is 17.5 Å². The third-order valence-corrected chi connectivity index (χ3v) is 4.65. The van der Waals surface area contributed by atoms with Crippen molar-refractivity contribution in [3.63, 3.8) is 0 Å². The molecule has 0 bridgehead atoms. The van der Waals surface area contributed by atoms with Gasteiger partial charge in [-0.3, -0.25) is 9.59 Å². The molecule has 0 unspecified atom stereocenters. The molecule has 0 saturated heterocycles. The van der Waals surface area contributed by atoms with E-state index in [0.29, 0.717) is 11.1 Å². The minimum absolute atomic E-state index is 0.00227. The summed E-state index contributed by atoms with van der Waals surface area (Å²) < 4.78 is 5.03. The predicted octanol–water partition coefficient (Wildman–Crippen LogP) is 4.18. The molecule has 0 fully saturated rings. The second kappa shape index (κ2) is 9.05. The lowest BCUT2D eigenvalue weighted by molar-refractivity contribution is -0.143. The number of ketones is 1. The molecule has 0 amide bonds. The van der Waals surface area contributed by atoms with Crippen molar-refractivity contribution in [2.75, 3.05) is 6.61 Å². The molecular formula is C23H21N3O4. The summed E-state index contributed by atoms with van der Waals surface area (Å²) in [6.45, 7) is 3.26. The molecule has 0 radical (unpaired) electrons. The highest BCUT2D eigenvalue weighted by Crippen LogP contribution is 2.19. The fourth-order valence-electron chi connectivity index (χ4n) is 3.01. The second-order valence-corrected chi connectivity index (χ2v) is 6.94. The Morgan fingerprint density at radius 3 is 2.67 bits per heavy atom. The quantitative estimate of drug-likeness (QED) is 0.265. The van der Waals surface area contributed by atoms with E-state index in [9.17, 15) is 20.0 Å². The van der Waals surface area contributed by atoms with E-state index in [0.717, 1.165) is 16.6 Å². The number of nitrogens with one attached hydrogen (secondary N) is 1. The van der Waals surface area contributed by atoms with E-state index in [1.165, 1.54) is 0 Å². The highest BCUT2D eigenvalue weighted by atomic mass is 16.5. The zero-order valence-electron chi connectivity index (χ0n) is 16.7. The number of aliphatic hydroxyl groups is 1. The van der Waals surface area contributed by atoms with Gasteiger partial charge < -0.3 is 14.8 Å². The summed E-state index contributed by atoms with van der Waals surface area (Å²) in [5.41, 5.74) is 3.66. The molecule has 7 heteroatoms. The Bertz CT molecular complexity index is 1150. The van der Waals surface area contributed by atoms with Crippen LogP contribution < -0.4 is 0 Å². The maximum absolute atomic E-state index is 12.4. The number of aryl methyl sites for hydroxylation is 2. The molecule has 3 rings (SSSR count). The molecule has 0 aliphatic carbocycles. The zero-order valence-corrected chi connectivity index (χ0v) is 16.7. The van der Waals surface area contributed by atoms with Crippen LogP contribution in [0.3, 0.4) is 0 Å². The number of aliphatic hydroxyl groups excluding tert-OH is 1. The summed E-state index contributed by atoms with van der Waals surface area (Å²) in [7, 11) is 0. The summed E-state index contributed by atoms with van der Waals surface area (Å²) in [6, 6.07) is 14.7. The van der Waals surface area contributed by atoms with Crippen molar-refractivity contribution in [2.45, 2.75) is 26.7 Å². The molecule has 30 heavy (non-hydrogen) atoms. The Morgan fingerprint density at radius 2 is 1.93 bits per heavy atom. The van der Waals surface area contributed by atoms with Gasteiger partial charge in [0.1, 0.15) is 18.2 Å². The lowest BCUT2D eigenvalue weighted by Crippen LogP contribution is -2.11. The molecule has 0 spiro atoms. The first kappa shape index (κ1) is 20.8. The molecule has 2 aromatic carbocycles. The number of hydrogen-bond acceptors (Lipinski definition) is 6. The van der Waals surface area contributed by atoms with E-state index in [1.807, 2.05) is 44.2 Å². The van der Waals surface area contributed by atoms with E-state index in [2.05, 4.69) is 9.97 Å². The number of nitriles is 1. The molecular weight excluding hydrogens is 382 g/mol. The van der Waals surface area contributed by atoms with Crippen LogP contribution in [0.25, 0.3) is 16.6 Å². The van der Waals surface area contributed by atoms with Gasteiger partial charge in [-0.05, 0) is 37.6 Å². The number of Topliss-reactive ketones (excluding diaryl/α,β-unsaturated/α-hetero) is 1. The number of para-hydroxylation sites is 2. The Kier molecular flexibility index (Phi) is 6.28. The molecule has 0 aliphatic heterocycles. The first-order valence-electron chi connectivity index (χ1n) is 9.42. The fourth-order valence-corrected chi connectivity index (χ4v) is 3.01. The van der Waals surface area contributed by atoms with Gasteiger partial charge in [-0.1, -0.05) is 29.8 Å². The summed E-state index contributed by atoms with van der Waals surface area (Å²) in [5, 5.41) is 19.6. The standard InChI is InChI=1S/C23H21N3O4/c1-14-7-8-15(2)16(11-14)20(27)9-10-22(29)30-13-21(28)17(12-24)23-25-18-5-3-4-6-19(18)26-23/h3-8,11,28H,9-10,13H2,1-2H3,(H,25,26)/b21-17-. The third-order valence-electron chi connectivity index (χ3n) is 4.65. The predicted molar refractivity (Wildman–Crippen MR) is 112 cm³/mol. The zero-order chi connectivity index (χ0) is 21.7. The highest BCUT2D eigenvalue weighted by Gasteiger charge is 2.16. The first-order valence-corrected chi connectivity index (χ1v) is 9.42. The number of ether oxygens (including phenoxy) is 1. The minimum Gasteiger partial charge on any atom is -0.507 e. The van der Waals surface area contributed by atoms with Crippen molar-refractivity contribution in [3.8, 4) is 6.07 Å². The van der Waals surface area contributed by atoms with Crippen molar-refractivity contribution in [3.05, 3.63) is 70.7 Å². The molecule has 3 aromatic rings. The number of rotatable bonds is 7. The molecule has 7 nitrogen and oxygen atoms in total. The fraction of sp³-hybridized carbons (Fsp3) is 0.217. The number of carbonyl (C=O) groups excluding carboxylic acids is 2. The van der Waals surface area contributed by atoms with E-state index in [1.54, 1.807) is 18.2 Å². The van der Waals surface area contributed by atoms with Gasteiger partial charge in [-0.25, -0.2) is 4.98 Å². The SMILES string of the molecule is Cc1ccc(C)c(C(=O)CCC(=O)OC/C(O)=C(\C#N)c2nc3ccccc3[nH]2)c1. The van der Waals surface area contributed by atoms with Gasteiger partial charge in [0.2, 0.25) is 0 Å². The average Bonchev–Trinajstić information content (AvgIpc) is 3.16. The van der Waals surface area contributed by atoms with Crippen LogP contribution in [0.1, 0.15) is 40.2 Å². The van der Waals surface area contributed by atoms with Crippen molar-refractivity contribution in [1.29, 1.82) is 5.26 Å². The largest absolute Gasteiger partial charge is 0.507 e. The van der Waals surface area contributed by atoms with Gasteiger partial charge in [0.15, 0.2) is 17.4 Å². The summed E-state index contributed by atoms with van der Waals surface area (Å²) in [4.78, 5) is 31.6. The normalized spacial score (nSPS) is 11.6. The van der Waals surface area contributed by atoms with Crippen LogP contribution in [0.15, 0.2) is 48.2 Å². The highest BCUT2D eigenvalue weighted by molar-refractivity contribution is 5.99. The Hall–Kier alpha value is -3.92. The average molecular weight is 403 g/mol. The topological polar surface area (TPSA) is 116 Å². The number of carbonyl (C=O) groups is 2. The van der Waals surface area contributed by atoms with E-state index < -0.39 is 18.3 Å². The van der Waals surface area contributed by atoms with Gasteiger partial charge in [-0.2, -0.15) is 5.26 Å². The maximum atomic E-state index is 12.4. The molecule has 2 N–H and O–H groups in total. The number of fused-ring (bicyclic) bond motifs is 1. The van der Waals surface area contributed by atoms with Crippen LogP contribution in [-0.2, 0) is 9.53 Å². The smallest absolute Gasteiger partial charge is 0.306 e. The number of nitrogens with zero attached hydrogens (tertiary/aromatic N) is 2. The van der Waals surface area contributed by atoms with Crippen LogP contribution in [0, 0.1) is 25.2 Å². The number of esters is 1. The lowest BCUT2D eigenvalue weighted by Gasteiger charge is -2.07. The first-order chi connectivity index (χ1) is 14.4. The van der Waals surface area contributed by atoms with Crippen molar-refractivity contribution in [1.82, 2.24) is 9.97 Å². The van der Waals surface area contributed by atoms with Gasteiger partial charge in [-0.15, -0.1) is 0 Å². The molecule has 152 valence electrons. The summed E-state index contributed by atoms with van der Waals surface area (Å²) in [5.74, 6) is -1.00.